The molecule has 0 atom stereocenters. The number of aromatic carboxylic acids is 1. The van der Waals surface area contributed by atoms with Crippen LogP contribution in [0.1, 0.15) is 27.0 Å². The lowest BCUT2D eigenvalue weighted by Crippen LogP contribution is -2.13. The summed E-state index contributed by atoms with van der Waals surface area (Å²) < 4.78 is 7.56. The van der Waals surface area contributed by atoms with Crippen molar-refractivity contribution in [1.29, 1.82) is 5.26 Å². The summed E-state index contributed by atoms with van der Waals surface area (Å²) in [6, 6.07) is 17.2. The molecule has 0 bridgehead atoms. The normalized spacial score (nSPS) is 11.0. The highest BCUT2D eigenvalue weighted by Crippen LogP contribution is 2.31. The number of carbonyl (C=O) groups is 2. The van der Waals surface area contributed by atoms with Crippen LogP contribution < -0.4 is 10.1 Å². The summed E-state index contributed by atoms with van der Waals surface area (Å²) in [6.45, 7) is 2.13. The molecule has 0 unspecified atom stereocenters. The van der Waals surface area contributed by atoms with E-state index in [0.717, 1.165) is 18.3 Å². The highest BCUT2D eigenvalue weighted by molar-refractivity contribution is 14.1. The number of hydrogen-bond acceptors (Lipinski definition) is 4. The van der Waals surface area contributed by atoms with E-state index in [-0.39, 0.29) is 17.7 Å². The van der Waals surface area contributed by atoms with E-state index >= 15 is 0 Å². The van der Waals surface area contributed by atoms with E-state index in [9.17, 15) is 14.9 Å². The summed E-state index contributed by atoms with van der Waals surface area (Å²) in [5.74, 6) is -0.844. The van der Waals surface area contributed by atoms with Gasteiger partial charge in [-0.05, 0) is 111 Å². The lowest BCUT2D eigenvalue weighted by molar-refractivity contribution is -0.112. The molecule has 0 aliphatic carbocycles. The van der Waals surface area contributed by atoms with Crippen LogP contribution in [0.3, 0.4) is 0 Å². The first-order chi connectivity index (χ1) is 16.2. The second-order valence-corrected chi connectivity index (χ2v) is 9.92. The number of aryl methyl sites for hydroxylation is 1. The molecule has 0 saturated carbocycles. The molecule has 3 rings (SSSR count). The Labute approximate surface area is 228 Å². The number of carbonyl (C=O) groups excluding carboxylic acids is 1. The van der Waals surface area contributed by atoms with Gasteiger partial charge in [0.05, 0.1) is 12.7 Å². The maximum absolute atomic E-state index is 12.6. The van der Waals surface area contributed by atoms with Gasteiger partial charge in [0, 0.05) is 10.7 Å². The zero-order valence-electron chi connectivity index (χ0n) is 17.7. The summed E-state index contributed by atoms with van der Waals surface area (Å²) >= 11 is 10.4. The number of ether oxygens (including phenoxy) is 1. The van der Waals surface area contributed by atoms with Crippen LogP contribution >= 0.6 is 56.8 Å². The Morgan fingerprint density at radius 1 is 1.12 bits per heavy atom. The molecule has 3 aromatic carbocycles. The van der Waals surface area contributed by atoms with E-state index in [2.05, 4.69) is 50.5 Å². The Hall–Kier alpha value is -2.62. The first-order valence-electron chi connectivity index (χ1n) is 9.81. The molecule has 3 aromatic rings. The van der Waals surface area contributed by atoms with Gasteiger partial charge in [0.25, 0.3) is 5.91 Å². The van der Waals surface area contributed by atoms with Crippen LogP contribution in [0.5, 0.6) is 5.75 Å². The maximum Gasteiger partial charge on any atom is 0.335 e. The summed E-state index contributed by atoms with van der Waals surface area (Å²) in [5, 5.41) is 21.7. The van der Waals surface area contributed by atoms with Crippen molar-refractivity contribution < 1.29 is 19.4 Å². The second-order valence-electron chi connectivity index (χ2n) is 7.19. The molecule has 1 amide bonds. The van der Waals surface area contributed by atoms with Crippen molar-refractivity contribution in [3.8, 4) is 11.8 Å². The van der Waals surface area contributed by atoms with Gasteiger partial charge in [0.15, 0.2) is 0 Å². The predicted molar refractivity (Wildman–Crippen MR) is 148 cm³/mol. The molecule has 0 spiro atoms. The topological polar surface area (TPSA) is 99.4 Å². The second kappa shape index (κ2) is 11.7. The highest BCUT2D eigenvalue weighted by Gasteiger charge is 2.13. The maximum atomic E-state index is 12.6. The number of amides is 1. The summed E-state index contributed by atoms with van der Waals surface area (Å²) in [4.78, 5) is 23.6. The monoisotopic (exact) mass is 698 g/mol. The number of nitrogens with one attached hydrogen (secondary N) is 1. The van der Waals surface area contributed by atoms with Crippen LogP contribution in [0.25, 0.3) is 6.08 Å². The molecule has 34 heavy (non-hydrogen) atoms. The zero-order valence-corrected chi connectivity index (χ0v) is 22.8. The smallest absolute Gasteiger partial charge is 0.335 e. The molecular weight excluding hydrogens is 682 g/mol. The van der Waals surface area contributed by atoms with Crippen molar-refractivity contribution in [3.63, 3.8) is 0 Å². The molecular formula is C25H17ClI2N2O4. The van der Waals surface area contributed by atoms with Gasteiger partial charge in [-0.1, -0.05) is 29.8 Å². The average Bonchev–Trinajstić information content (AvgIpc) is 2.79. The Balaban J connectivity index is 1.75. The van der Waals surface area contributed by atoms with Crippen LogP contribution in [0, 0.1) is 25.4 Å². The third-order valence-electron chi connectivity index (χ3n) is 4.71. The predicted octanol–water partition coefficient (Wildman–Crippen LogP) is 6.68. The number of halogens is 3. The van der Waals surface area contributed by atoms with E-state index in [1.54, 1.807) is 30.3 Å². The van der Waals surface area contributed by atoms with E-state index in [1.165, 1.54) is 18.2 Å². The minimum Gasteiger partial charge on any atom is -0.487 e. The SMILES string of the molecule is Cc1ccc(NC(=O)/C(C#N)=C\c2cc(I)c(OCc3ccc(C(=O)O)cc3)c(I)c2)cc1Cl. The van der Waals surface area contributed by atoms with Crippen molar-refractivity contribution in [1.82, 2.24) is 0 Å². The summed E-state index contributed by atoms with van der Waals surface area (Å²) in [6.07, 6.45) is 1.52. The molecule has 0 heterocycles. The number of nitrogens with zero attached hydrogens (tertiary/aromatic N) is 1. The van der Waals surface area contributed by atoms with Gasteiger partial charge in [-0.25, -0.2) is 4.79 Å². The minimum atomic E-state index is -0.978. The summed E-state index contributed by atoms with van der Waals surface area (Å²) in [7, 11) is 0. The fourth-order valence-electron chi connectivity index (χ4n) is 2.88. The number of hydrogen-bond donors (Lipinski definition) is 2. The number of carboxylic acids is 1. The van der Waals surface area contributed by atoms with E-state index < -0.39 is 11.9 Å². The van der Waals surface area contributed by atoms with Gasteiger partial charge in [-0.15, -0.1) is 0 Å². The Bertz CT molecular complexity index is 1310. The lowest BCUT2D eigenvalue weighted by Gasteiger charge is -2.12. The third-order valence-corrected chi connectivity index (χ3v) is 6.72. The standard InChI is InChI=1S/C25H17ClI2N2O4/c1-14-2-7-19(11-20(14)26)30-24(31)18(12-29)8-16-9-21(27)23(22(28)10-16)34-13-15-3-5-17(6-4-15)25(32)33/h2-11H,13H2,1H3,(H,30,31)(H,32,33)/b18-8-. The number of benzene rings is 3. The van der Waals surface area contributed by atoms with E-state index in [1.807, 2.05) is 25.1 Å². The van der Waals surface area contributed by atoms with Crippen LogP contribution in [0.15, 0.2) is 60.2 Å². The van der Waals surface area contributed by atoms with Crippen molar-refractivity contribution in [3.05, 3.63) is 94.6 Å². The van der Waals surface area contributed by atoms with Crippen LogP contribution in [0.2, 0.25) is 5.02 Å². The molecule has 0 aliphatic rings. The number of nitriles is 1. The molecule has 172 valence electrons. The van der Waals surface area contributed by atoms with Gasteiger partial charge in [-0.2, -0.15) is 5.26 Å². The fraction of sp³-hybridized carbons (Fsp3) is 0.0800. The molecule has 2 N–H and O–H groups in total. The Kier molecular flexibility index (Phi) is 8.93. The van der Waals surface area contributed by atoms with Gasteiger partial charge in [0.1, 0.15) is 24.0 Å². The van der Waals surface area contributed by atoms with Crippen LogP contribution in [0.4, 0.5) is 5.69 Å². The third kappa shape index (κ3) is 6.71. The van der Waals surface area contributed by atoms with Crippen LogP contribution in [-0.4, -0.2) is 17.0 Å². The molecule has 6 nitrogen and oxygen atoms in total. The van der Waals surface area contributed by atoms with Crippen molar-refractivity contribution in [2.45, 2.75) is 13.5 Å². The molecule has 0 aliphatic heterocycles. The molecule has 0 fully saturated rings. The van der Waals surface area contributed by atoms with Crippen molar-refractivity contribution in [2.75, 3.05) is 5.32 Å². The molecule has 0 saturated heterocycles. The molecule has 9 heteroatoms. The van der Waals surface area contributed by atoms with Crippen molar-refractivity contribution >= 4 is 80.4 Å². The first-order valence-corrected chi connectivity index (χ1v) is 12.3. The molecule has 0 aromatic heterocycles. The Morgan fingerprint density at radius 2 is 1.76 bits per heavy atom. The van der Waals surface area contributed by atoms with Gasteiger partial charge < -0.3 is 15.2 Å². The van der Waals surface area contributed by atoms with E-state index in [4.69, 9.17) is 21.4 Å². The van der Waals surface area contributed by atoms with Crippen molar-refractivity contribution in [2.24, 2.45) is 0 Å². The largest absolute Gasteiger partial charge is 0.487 e. The number of rotatable bonds is 7. The summed E-state index contributed by atoms with van der Waals surface area (Å²) in [5.41, 5.74) is 3.08. The fourth-order valence-corrected chi connectivity index (χ4v) is 5.19. The van der Waals surface area contributed by atoms with Crippen LogP contribution in [-0.2, 0) is 11.4 Å². The number of anilines is 1. The van der Waals surface area contributed by atoms with Gasteiger partial charge in [-0.3, -0.25) is 4.79 Å². The lowest BCUT2D eigenvalue weighted by atomic mass is 10.1. The van der Waals surface area contributed by atoms with E-state index in [0.29, 0.717) is 22.0 Å². The number of carboxylic acid groups (broad SMARTS) is 1. The highest BCUT2D eigenvalue weighted by atomic mass is 127. The first kappa shape index (κ1) is 26.0. The van der Waals surface area contributed by atoms with Gasteiger partial charge >= 0.3 is 5.97 Å². The molecule has 0 radical (unpaired) electrons. The quantitative estimate of drug-likeness (QED) is 0.163. The van der Waals surface area contributed by atoms with Gasteiger partial charge in [0.2, 0.25) is 0 Å². The zero-order chi connectivity index (χ0) is 24.8. The minimum absolute atomic E-state index is 0.0458. The Morgan fingerprint density at radius 3 is 2.32 bits per heavy atom. The average molecular weight is 699 g/mol.